The molecule has 4 atom stereocenters. The van der Waals surface area contributed by atoms with E-state index in [1.807, 2.05) is 0 Å². The van der Waals surface area contributed by atoms with Crippen molar-refractivity contribution in [1.82, 2.24) is 19.5 Å². The van der Waals surface area contributed by atoms with E-state index in [-0.39, 0.29) is 5.82 Å². The molecule has 4 N–H and O–H groups in total. The molecule has 0 spiro atoms. The second kappa shape index (κ2) is 4.23. The maximum absolute atomic E-state index is 10.7. The van der Waals surface area contributed by atoms with Gasteiger partial charge >= 0.3 is 0 Å². The fourth-order valence-electron chi connectivity index (χ4n) is 2.08. The summed E-state index contributed by atoms with van der Waals surface area (Å²) in [5, 5.41) is 19.6. The number of aliphatic hydroxyl groups is 2. The van der Waals surface area contributed by atoms with Gasteiger partial charge in [0.2, 0.25) is 0 Å². The Hall–Kier alpha value is -2.10. The molecule has 0 amide bonds. The number of ether oxygens (including phenoxy) is 1. The number of rotatable bonds is 2. The second-order valence-electron chi connectivity index (χ2n) is 4.19. The van der Waals surface area contributed by atoms with E-state index in [4.69, 9.17) is 10.5 Å². The molecule has 2 aromatic rings. The van der Waals surface area contributed by atoms with Crippen LogP contribution >= 0.6 is 0 Å². The predicted octanol–water partition coefficient (Wildman–Crippen LogP) is -1.77. The van der Waals surface area contributed by atoms with Crippen molar-refractivity contribution in [2.45, 2.75) is 24.5 Å². The topological polar surface area (TPSA) is 136 Å². The summed E-state index contributed by atoms with van der Waals surface area (Å²) in [6, 6.07) is 0. The van der Waals surface area contributed by atoms with Crippen molar-refractivity contribution >= 4 is 23.3 Å². The molecule has 2 aromatic heterocycles. The van der Waals surface area contributed by atoms with Crippen LogP contribution < -0.4 is 5.73 Å². The lowest BCUT2D eigenvalue weighted by Crippen LogP contribution is -2.32. The first-order valence-corrected chi connectivity index (χ1v) is 5.53. The summed E-state index contributed by atoms with van der Waals surface area (Å²) in [5.74, 6) is 0.198. The van der Waals surface area contributed by atoms with Crippen LogP contribution in [0.1, 0.15) is 6.23 Å². The number of anilines is 1. The van der Waals surface area contributed by atoms with Gasteiger partial charge in [-0.2, -0.15) is 0 Å². The summed E-state index contributed by atoms with van der Waals surface area (Å²) in [6.07, 6.45) is -1.53. The number of nitrogen functional groups attached to an aromatic ring is 1. The fraction of sp³-hybridized carbons (Fsp3) is 0.400. The van der Waals surface area contributed by atoms with Gasteiger partial charge in [0.05, 0.1) is 6.33 Å². The minimum atomic E-state index is -1.29. The molecule has 19 heavy (non-hydrogen) atoms. The lowest BCUT2D eigenvalue weighted by molar-refractivity contribution is -0.122. The second-order valence-corrected chi connectivity index (χ2v) is 4.19. The van der Waals surface area contributed by atoms with E-state index in [2.05, 4.69) is 15.0 Å². The number of aldehydes is 1. The number of carbonyl (C=O) groups excluding carboxylic acids is 1. The molecule has 9 heteroatoms. The minimum absolute atomic E-state index is 0.198. The molecule has 3 heterocycles. The van der Waals surface area contributed by atoms with Crippen LogP contribution in [0.2, 0.25) is 0 Å². The predicted molar refractivity (Wildman–Crippen MR) is 61.7 cm³/mol. The number of fused-ring (bicyclic) bond motifs is 1. The van der Waals surface area contributed by atoms with Crippen LogP contribution in [0.25, 0.3) is 11.2 Å². The van der Waals surface area contributed by atoms with E-state index < -0.39 is 24.5 Å². The lowest BCUT2D eigenvalue weighted by Gasteiger charge is -2.16. The number of nitrogens with zero attached hydrogens (tertiary/aromatic N) is 4. The Morgan fingerprint density at radius 3 is 2.79 bits per heavy atom. The molecule has 0 aromatic carbocycles. The van der Waals surface area contributed by atoms with E-state index in [0.717, 1.165) is 0 Å². The number of hydrogen-bond acceptors (Lipinski definition) is 8. The summed E-state index contributed by atoms with van der Waals surface area (Å²) in [5.41, 5.74) is 6.37. The van der Waals surface area contributed by atoms with Crippen molar-refractivity contribution in [1.29, 1.82) is 0 Å². The van der Waals surface area contributed by atoms with Crippen LogP contribution in [-0.4, -0.2) is 54.3 Å². The van der Waals surface area contributed by atoms with Crippen LogP contribution in [0.15, 0.2) is 12.7 Å². The molecule has 1 aliphatic heterocycles. The van der Waals surface area contributed by atoms with Gasteiger partial charge in [-0.15, -0.1) is 0 Å². The largest absolute Gasteiger partial charge is 0.387 e. The van der Waals surface area contributed by atoms with E-state index in [9.17, 15) is 15.0 Å². The monoisotopic (exact) mass is 265 g/mol. The van der Waals surface area contributed by atoms with Crippen molar-refractivity contribution in [3.8, 4) is 0 Å². The highest BCUT2D eigenvalue weighted by atomic mass is 16.6. The molecule has 9 nitrogen and oxygen atoms in total. The van der Waals surface area contributed by atoms with E-state index >= 15 is 0 Å². The number of carbonyl (C=O) groups is 1. The number of nitrogens with two attached hydrogens (primary N) is 1. The van der Waals surface area contributed by atoms with Gasteiger partial charge in [0, 0.05) is 0 Å². The molecule has 0 radical (unpaired) electrons. The van der Waals surface area contributed by atoms with Crippen molar-refractivity contribution in [2.24, 2.45) is 0 Å². The number of aliphatic hydroxyl groups excluding tert-OH is 2. The van der Waals surface area contributed by atoms with Crippen LogP contribution in [0.3, 0.4) is 0 Å². The normalized spacial score (nSPS) is 30.8. The summed E-state index contributed by atoms with van der Waals surface area (Å²) < 4.78 is 6.69. The van der Waals surface area contributed by atoms with Gasteiger partial charge in [-0.05, 0) is 0 Å². The first kappa shape index (κ1) is 12.0. The molecule has 0 aliphatic carbocycles. The zero-order chi connectivity index (χ0) is 13.6. The van der Waals surface area contributed by atoms with Crippen LogP contribution in [-0.2, 0) is 9.53 Å². The number of hydrogen-bond donors (Lipinski definition) is 3. The molecule has 1 saturated heterocycles. The Bertz CT molecular complexity index is 629. The molecule has 3 rings (SSSR count). The Morgan fingerprint density at radius 2 is 2.11 bits per heavy atom. The van der Waals surface area contributed by atoms with Gasteiger partial charge in [-0.25, -0.2) is 15.0 Å². The van der Waals surface area contributed by atoms with Gasteiger partial charge in [0.15, 0.2) is 24.0 Å². The smallest absolute Gasteiger partial charge is 0.167 e. The van der Waals surface area contributed by atoms with Crippen LogP contribution in [0.4, 0.5) is 5.82 Å². The van der Waals surface area contributed by atoms with Gasteiger partial charge in [0.25, 0.3) is 0 Å². The minimum Gasteiger partial charge on any atom is -0.387 e. The fourth-order valence-corrected chi connectivity index (χ4v) is 2.08. The molecule has 0 bridgehead atoms. The van der Waals surface area contributed by atoms with Crippen molar-refractivity contribution in [2.75, 3.05) is 5.73 Å². The number of aromatic nitrogens is 4. The van der Waals surface area contributed by atoms with Gasteiger partial charge in [-0.1, -0.05) is 0 Å². The Balaban J connectivity index is 2.06. The molecular formula is C10H11N5O4. The standard InChI is InChI=1S/C10H11N5O4/c11-8-5-9(13-2-12-8)15(3-14-5)10-7(18)6(17)4(1-16)19-10/h1-4,6-7,10,17-18H,(H2,11,12,13)/t4-,6+,7+,10+/m0/s1. The molecule has 1 fully saturated rings. The Kier molecular flexibility index (Phi) is 2.66. The first-order chi connectivity index (χ1) is 9.13. The maximum atomic E-state index is 10.7. The number of imidazole rings is 1. The van der Waals surface area contributed by atoms with E-state index in [0.29, 0.717) is 17.5 Å². The molecule has 1 aliphatic rings. The van der Waals surface area contributed by atoms with Gasteiger partial charge in [-0.3, -0.25) is 4.57 Å². The summed E-state index contributed by atoms with van der Waals surface area (Å²) >= 11 is 0. The molecule has 0 saturated carbocycles. The summed E-state index contributed by atoms with van der Waals surface area (Å²) in [4.78, 5) is 22.6. The molecule has 100 valence electrons. The summed E-state index contributed by atoms with van der Waals surface area (Å²) in [6.45, 7) is 0. The van der Waals surface area contributed by atoms with Gasteiger partial charge < -0.3 is 25.5 Å². The van der Waals surface area contributed by atoms with Crippen molar-refractivity contribution < 1.29 is 19.7 Å². The third-order valence-electron chi connectivity index (χ3n) is 3.07. The van der Waals surface area contributed by atoms with Crippen molar-refractivity contribution in [3.63, 3.8) is 0 Å². The first-order valence-electron chi connectivity index (χ1n) is 5.53. The zero-order valence-corrected chi connectivity index (χ0v) is 9.62. The maximum Gasteiger partial charge on any atom is 0.167 e. The van der Waals surface area contributed by atoms with Gasteiger partial charge in [0.1, 0.15) is 30.2 Å². The lowest BCUT2D eigenvalue weighted by atomic mass is 10.1. The highest BCUT2D eigenvalue weighted by Gasteiger charge is 2.44. The third-order valence-corrected chi connectivity index (χ3v) is 3.07. The van der Waals surface area contributed by atoms with Crippen molar-refractivity contribution in [3.05, 3.63) is 12.7 Å². The Labute approximate surface area is 106 Å². The Morgan fingerprint density at radius 1 is 1.32 bits per heavy atom. The highest BCUT2D eigenvalue weighted by Crippen LogP contribution is 2.30. The zero-order valence-electron chi connectivity index (χ0n) is 9.62. The highest BCUT2D eigenvalue weighted by molar-refractivity contribution is 5.81. The summed E-state index contributed by atoms with van der Waals surface area (Å²) in [7, 11) is 0. The molecular weight excluding hydrogens is 254 g/mol. The third kappa shape index (κ3) is 1.67. The quantitative estimate of drug-likeness (QED) is 0.542. The van der Waals surface area contributed by atoms with Crippen LogP contribution in [0, 0.1) is 0 Å². The molecule has 0 unspecified atom stereocenters. The van der Waals surface area contributed by atoms with E-state index in [1.165, 1.54) is 17.2 Å². The average Bonchev–Trinajstić information content (AvgIpc) is 2.94. The van der Waals surface area contributed by atoms with Crippen LogP contribution in [0.5, 0.6) is 0 Å². The average molecular weight is 265 g/mol. The van der Waals surface area contributed by atoms with E-state index in [1.54, 1.807) is 0 Å². The SMILES string of the molecule is Nc1ncnc2c1ncn2[C@@H]1O[C@@H](C=O)[C@@H](O)[C@H]1O.